The fourth-order valence-electron chi connectivity index (χ4n) is 2.38. The van der Waals surface area contributed by atoms with Crippen molar-refractivity contribution in [2.24, 2.45) is 0 Å². The summed E-state index contributed by atoms with van der Waals surface area (Å²) in [6.45, 7) is 10.3. The van der Waals surface area contributed by atoms with Crippen LogP contribution in [0.3, 0.4) is 0 Å². The maximum Gasteiger partial charge on any atom is 0.169 e. The monoisotopic (exact) mass is 305 g/mol. The van der Waals surface area contributed by atoms with Crippen LogP contribution < -0.4 is 15.0 Å². The van der Waals surface area contributed by atoms with E-state index < -0.39 is 0 Å². The zero-order chi connectivity index (χ0) is 15.2. The Hall–Kier alpha value is -1.75. The summed E-state index contributed by atoms with van der Waals surface area (Å²) in [7, 11) is 1.71. The molecule has 5 heteroatoms. The number of rotatable bonds is 4. The first-order valence-electron chi connectivity index (χ1n) is 7.17. The van der Waals surface area contributed by atoms with Crippen LogP contribution in [0.2, 0.25) is 0 Å². The van der Waals surface area contributed by atoms with Gasteiger partial charge < -0.3 is 19.9 Å². The number of nitrogens with zero attached hydrogens (tertiary/aromatic N) is 2. The molecule has 0 atom stereocenters. The van der Waals surface area contributed by atoms with Crippen molar-refractivity contribution >= 4 is 23.0 Å². The van der Waals surface area contributed by atoms with Crippen molar-refractivity contribution in [3.8, 4) is 5.75 Å². The van der Waals surface area contributed by atoms with Gasteiger partial charge in [0, 0.05) is 32.7 Å². The molecule has 0 radical (unpaired) electrons. The van der Waals surface area contributed by atoms with Crippen LogP contribution in [0.15, 0.2) is 36.4 Å². The predicted octanol–water partition coefficient (Wildman–Crippen LogP) is 2.27. The van der Waals surface area contributed by atoms with E-state index in [9.17, 15) is 0 Å². The van der Waals surface area contributed by atoms with Crippen LogP contribution >= 0.6 is 12.2 Å². The van der Waals surface area contributed by atoms with Gasteiger partial charge in [-0.25, -0.2) is 0 Å². The molecule has 1 aliphatic heterocycles. The highest BCUT2D eigenvalue weighted by atomic mass is 32.1. The zero-order valence-electron chi connectivity index (χ0n) is 12.8. The lowest BCUT2D eigenvalue weighted by molar-refractivity contribution is 0.374. The minimum atomic E-state index is 0.742. The van der Waals surface area contributed by atoms with E-state index >= 15 is 0 Å². The van der Waals surface area contributed by atoms with Crippen LogP contribution in [0.1, 0.15) is 6.92 Å². The average Bonchev–Trinajstić information content (AvgIpc) is 2.52. The van der Waals surface area contributed by atoms with Crippen LogP contribution in [-0.4, -0.2) is 49.8 Å². The summed E-state index contributed by atoms with van der Waals surface area (Å²) in [5.41, 5.74) is 2.24. The number of benzene rings is 1. The Kier molecular flexibility index (Phi) is 5.44. The molecule has 0 spiro atoms. The highest BCUT2D eigenvalue weighted by Gasteiger charge is 2.20. The summed E-state index contributed by atoms with van der Waals surface area (Å²) in [5, 5.41) is 4.06. The quantitative estimate of drug-likeness (QED) is 0.680. The van der Waals surface area contributed by atoms with Crippen LogP contribution in [0, 0.1) is 0 Å². The molecular formula is C16H23N3OS. The molecule has 0 unspecified atom stereocenters. The number of thiocarbonyl (C=S) groups is 1. The van der Waals surface area contributed by atoms with E-state index in [2.05, 4.69) is 27.8 Å². The summed E-state index contributed by atoms with van der Waals surface area (Å²) in [6.07, 6.45) is 0. The number of ether oxygens (including phenoxy) is 1. The number of nitrogens with one attached hydrogen (secondary N) is 1. The Balaban J connectivity index is 1.91. The van der Waals surface area contributed by atoms with E-state index in [0.717, 1.165) is 54.8 Å². The summed E-state index contributed by atoms with van der Waals surface area (Å²) in [5.74, 6) is 0.925. The van der Waals surface area contributed by atoms with Crippen molar-refractivity contribution in [1.29, 1.82) is 0 Å². The van der Waals surface area contributed by atoms with E-state index in [0.29, 0.717) is 0 Å². The Morgan fingerprint density at radius 1 is 1.29 bits per heavy atom. The van der Waals surface area contributed by atoms with E-state index in [1.807, 2.05) is 25.1 Å². The Bertz CT molecular complexity index is 510. The van der Waals surface area contributed by atoms with Gasteiger partial charge in [-0.2, -0.15) is 0 Å². The number of hydrogen-bond donors (Lipinski definition) is 1. The lowest BCUT2D eigenvalue weighted by Crippen LogP contribution is -2.52. The van der Waals surface area contributed by atoms with Crippen molar-refractivity contribution in [3.05, 3.63) is 36.4 Å². The largest absolute Gasteiger partial charge is 0.495 e. The van der Waals surface area contributed by atoms with Crippen molar-refractivity contribution < 1.29 is 4.74 Å². The molecule has 0 saturated carbocycles. The summed E-state index contributed by atoms with van der Waals surface area (Å²) in [6, 6.07) is 8.14. The summed E-state index contributed by atoms with van der Waals surface area (Å²) < 4.78 is 5.43. The molecule has 1 aromatic rings. The second kappa shape index (κ2) is 7.31. The minimum absolute atomic E-state index is 0.742. The van der Waals surface area contributed by atoms with Gasteiger partial charge in [-0.15, -0.1) is 0 Å². The average molecular weight is 305 g/mol. The van der Waals surface area contributed by atoms with E-state index in [4.69, 9.17) is 17.0 Å². The molecule has 0 amide bonds. The van der Waals surface area contributed by atoms with E-state index in [-0.39, 0.29) is 0 Å². The maximum atomic E-state index is 5.43. The molecule has 4 nitrogen and oxygen atoms in total. The molecule has 1 aromatic carbocycles. The molecule has 1 fully saturated rings. The molecule has 1 heterocycles. The third-order valence-electron chi connectivity index (χ3n) is 3.53. The molecule has 1 aliphatic rings. The van der Waals surface area contributed by atoms with E-state index in [1.165, 1.54) is 0 Å². The number of anilines is 1. The fourth-order valence-corrected chi connectivity index (χ4v) is 2.63. The molecule has 0 aromatic heterocycles. The highest BCUT2D eigenvalue weighted by Crippen LogP contribution is 2.28. The third-order valence-corrected chi connectivity index (χ3v) is 3.94. The number of methoxy groups -OCH3 is 1. The smallest absolute Gasteiger partial charge is 0.169 e. The molecular weight excluding hydrogens is 282 g/mol. The summed E-state index contributed by atoms with van der Waals surface area (Å²) >= 11 is 5.43. The molecule has 1 N–H and O–H groups in total. The summed E-state index contributed by atoms with van der Waals surface area (Å²) in [4.78, 5) is 4.56. The lowest BCUT2D eigenvalue weighted by atomic mass is 10.2. The van der Waals surface area contributed by atoms with Crippen LogP contribution in [0.5, 0.6) is 5.75 Å². The van der Waals surface area contributed by atoms with Gasteiger partial charge in [-0.05, 0) is 31.3 Å². The van der Waals surface area contributed by atoms with Gasteiger partial charge in [0.25, 0.3) is 0 Å². The highest BCUT2D eigenvalue weighted by molar-refractivity contribution is 7.80. The third kappa shape index (κ3) is 4.11. The van der Waals surface area contributed by atoms with E-state index in [1.54, 1.807) is 7.11 Å². The Morgan fingerprint density at radius 2 is 1.95 bits per heavy atom. The topological polar surface area (TPSA) is 27.7 Å². The van der Waals surface area contributed by atoms with Gasteiger partial charge in [-0.1, -0.05) is 24.3 Å². The van der Waals surface area contributed by atoms with Crippen LogP contribution in [0.25, 0.3) is 0 Å². The van der Waals surface area contributed by atoms with Gasteiger partial charge in [0.15, 0.2) is 5.11 Å². The van der Waals surface area contributed by atoms with Crippen molar-refractivity contribution in [2.45, 2.75) is 6.92 Å². The first kappa shape index (κ1) is 15.6. The molecule has 2 rings (SSSR count). The normalized spacial score (nSPS) is 14.8. The first-order chi connectivity index (χ1) is 10.1. The Morgan fingerprint density at radius 3 is 2.57 bits per heavy atom. The predicted molar refractivity (Wildman–Crippen MR) is 92.2 cm³/mol. The van der Waals surface area contributed by atoms with Gasteiger partial charge in [-0.3, -0.25) is 0 Å². The molecule has 0 aliphatic carbocycles. The zero-order valence-corrected chi connectivity index (χ0v) is 13.6. The molecule has 114 valence electrons. The van der Waals surface area contributed by atoms with Gasteiger partial charge in [0.2, 0.25) is 0 Å². The standard InChI is InChI=1S/C16H23N3OS/c1-13(2)12-17-16(21)19-10-8-18(9-11-19)14-6-4-5-7-15(14)20-3/h4-7H,1,8-12H2,2-3H3,(H,17,21). The number of hydrogen-bond acceptors (Lipinski definition) is 3. The maximum absolute atomic E-state index is 5.43. The number of para-hydroxylation sites is 2. The van der Waals surface area contributed by atoms with Crippen molar-refractivity contribution in [1.82, 2.24) is 10.2 Å². The van der Waals surface area contributed by atoms with Crippen LogP contribution in [0.4, 0.5) is 5.69 Å². The lowest BCUT2D eigenvalue weighted by Gasteiger charge is -2.37. The second-order valence-electron chi connectivity index (χ2n) is 5.26. The van der Waals surface area contributed by atoms with Gasteiger partial charge >= 0.3 is 0 Å². The SMILES string of the molecule is C=C(C)CNC(=S)N1CCN(c2ccccc2OC)CC1. The minimum Gasteiger partial charge on any atom is -0.495 e. The second-order valence-corrected chi connectivity index (χ2v) is 5.65. The van der Waals surface area contributed by atoms with Crippen LogP contribution in [-0.2, 0) is 0 Å². The molecule has 1 saturated heterocycles. The van der Waals surface area contributed by atoms with Crippen molar-refractivity contribution in [3.63, 3.8) is 0 Å². The van der Waals surface area contributed by atoms with Gasteiger partial charge in [0.1, 0.15) is 5.75 Å². The molecule has 0 bridgehead atoms. The van der Waals surface area contributed by atoms with Gasteiger partial charge in [0.05, 0.1) is 12.8 Å². The molecule has 21 heavy (non-hydrogen) atoms. The van der Waals surface area contributed by atoms with Crippen molar-refractivity contribution in [2.75, 3.05) is 44.7 Å². The first-order valence-corrected chi connectivity index (χ1v) is 7.57. The fraction of sp³-hybridized carbons (Fsp3) is 0.438. The Labute approximate surface area is 132 Å². The number of piperazine rings is 1.